The number of benzene rings is 2. The summed E-state index contributed by atoms with van der Waals surface area (Å²) in [6.45, 7) is 2.41. The van der Waals surface area contributed by atoms with Gasteiger partial charge in [0.05, 0.1) is 10.6 Å². The summed E-state index contributed by atoms with van der Waals surface area (Å²) in [5, 5.41) is 2.52. The van der Waals surface area contributed by atoms with E-state index >= 15 is 0 Å². The van der Waals surface area contributed by atoms with Crippen molar-refractivity contribution in [2.75, 3.05) is 30.9 Å². The van der Waals surface area contributed by atoms with Gasteiger partial charge in [0.2, 0.25) is 5.91 Å². The minimum Gasteiger partial charge on any atom is -0.399 e. The van der Waals surface area contributed by atoms with Crippen molar-refractivity contribution in [3.05, 3.63) is 53.8 Å². The van der Waals surface area contributed by atoms with Crippen molar-refractivity contribution in [2.45, 2.75) is 24.3 Å². The molecule has 27 heavy (non-hydrogen) atoms. The highest BCUT2D eigenvalue weighted by molar-refractivity contribution is 7.90. The number of carbonyl (C=O) groups is 1. The van der Waals surface area contributed by atoms with E-state index in [1.54, 1.807) is 24.3 Å². The van der Waals surface area contributed by atoms with E-state index in [-0.39, 0.29) is 29.0 Å². The molecule has 0 bridgehead atoms. The van der Waals surface area contributed by atoms with Crippen molar-refractivity contribution in [1.82, 2.24) is 4.90 Å². The molecule has 0 saturated carbocycles. The molecule has 0 aliphatic rings. The summed E-state index contributed by atoms with van der Waals surface area (Å²) in [5.41, 5.74) is 6.97. The number of anilines is 2. The fourth-order valence-electron chi connectivity index (χ4n) is 2.57. The molecule has 3 N–H and O–H groups in total. The van der Waals surface area contributed by atoms with Crippen LogP contribution in [-0.4, -0.2) is 39.1 Å². The largest absolute Gasteiger partial charge is 0.399 e. The van der Waals surface area contributed by atoms with Gasteiger partial charge in [-0.05, 0) is 49.9 Å². The van der Waals surface area contributed by atoms with E-state index in [1.807, 2.05) is 18.9 Å². The van der Waals surface area contributed by atoms with Crippen LogP contribution in [0, 0.1) is 5.82 Å². The van der Waals surface area contributed by atoms with Crippen LogP contribution in [0.25, 0.3) is 0 Å². The van der Waals surface area contributed by atoms with Crippen molar-refractivity contribution in [2.24, 2.45) is 0 Å². The van der Waals surface area contributed by atoms with Gasteiger partial charge >= 0.3 is 0 Å². The Morgan fingerprint density at radius 3 is 2.44 bits per heavy atom. The molecule has 0 aliphatic heterocycles. The fourth-order valence-corrected chi connectivity index (χ4v) is 3.20. The predicted octanol–water partition coefficient (Wildman–Crippen LogP) is 2.83. The minimum absolute atomic E-state index is 0.0180. The van der Waals surface area contributed by atoms with E-state index in [2.05, 4.69) is 5.32 Å². The zero-order chi connectivity index (χ0) is 20.2. The lowest BCUT2D eigenvalue weighted by Gasteiger charge is -2.25. The SMILES string of the molecule is C[C@@H](c1ccc(S(C)(=O)=O)cc1)N(C)CCC(=O)Nc1cc(N)ccc1F. The molecule has 0 fully saturated rings. The van der Waals surface area contributed by atoms with Gasteiger partial charge in [-0.1, -0.05) is 12.1 Å². The predicted molar refractivity (Wildman–Crippen MR) is 105 cm³/mol. The first-order valence-electron chi connectivity index (χ1n) is 8.43. The molecule has 1 amide bonds. The van der Waals surface area contributed by atoms with E-state index in [9.17, 15) is 17.6 Å². The molecular weight excluding hydrogens is 369 g/mol. The molecule has 0 radical (unpaired) electrons. The zero-order valence-corrected chi connectivity index (χ0v) is 16.4. The third-order valence-corrected chi connectivity index (χ3v) is 5.54. The van der Waals surface area contributed by atoms with Crippen LogP contribution in [-0.2, 0) is 14.6 Å². The highest BCUT2D eigenvalue weighted by Gasteiger charge is 2.15. The highest BCUT2D eigenvalue weighted by Crippen LogP contribution is 2.21. The Kier molecular flexibility index (Phi) is 6.56. The smallest absolute Gasteiger partial charge is 0.225 e. The van der Waals surface area contributed by atoms with E-state index in [4.69, 9.17) is 5.73 Å². The van der Waals surface area contributed by atoms with Crippen LogP contribution in [0.3, 0.4) is 0 Å². The summed E-state index contributed by atoms with van der Waals surface area (Å²) < 4.78 is 36.7. The lowest BCUT2D eigenvalue weighted by molar-refractivity contribution is -0.116. The van der Waals surface area contributed by atoms with Gasteiger partial charge in [0, 0.05) is 31.0 Å². The van der Waals surface area contributed by atoms with Gasteiger partial charge in [0.15, 0.2) is 9.84 Å². The number of halogens is 1. The first-order chi connectivity index (χ1) is 12.6. The third-order valence-electron chi connectivity index (χ3n) is 4.41. The first-order valence-corrected chi connectivity index (χ1v) is 10.3. The van der Waals surface area contributed by atoms with E-state index in [0.717, 1.165) is 5.56 Å². The summed E-state index contributed by atoms with van der Waals surface area (Å²) >= 11 is 0. The maximum atomic E-state index is 13.7. The monoisotopic (exact) mass is 393 g/mol. The Hall–Kier alpha value is -2.45. The molecule has 1 atom stereocenters. The van der Waals surface area contributed by atoms with Crippen molar-refractivity contribution in [1.29, 1.82) is 0 Å². The molecule has 0 aromatic heterocycles. The molecule has 146 valence electrons. The molecule has 0 heterocycles. The molecule has 0 aliphatic carbocycles. The van der Waals surface area contributed by atoms with Crippen molar-refractivity contribution < 1.29 is 17.6 Å². The molecule has 6 nitrogen and oxygen atoms in total. The molecular formula is C19H24FN3O3S. The minimum atomic E-state index is -3.23. The van der Waals surface area contributed by atoms with Gasteiger partial charge in [-0.15, -0.1) is 0 Å². The van der Waals surface area contributed by atoms with Gasteiger partial charge < -0.3 is 11.1 Å². The number of nitrogens with zero attached hydrogens (tertiary/aromatic N) is 1. The van der Waals surface area contributed by atoms with Crippen LogP contribution in [0.5, 0.6) is 0 Å². The number of hydrogen-bond acceptors (Lipinski definition) is 5. The standard InChI is InChI=1S/C19H24FN3O3S/c1-13(14-4-7-16(8-5-14)27(3,25)26)23(2)11-10-19(24)22-18-12-15(21)6-9-17(18)20/h4-9,12-13H,10-11,21H2,1-3H3,(H,22,24)/t13-/m0/s1. The average Bonchev–Trinajstić information content (AvgIpc) is 2.61. The maximum Gasteiger partial charge on any atom is 0.225 e. The molecule has 0 unspecified atom stereocenters. The topological polar surface area (TPSA) is 92.5 Å². The summed E-state index contributed by atoms with van der Waals surface area (Å²) in [5.74, 6) is -0.851. The fraction of sp³-hybridized carbons (Fsp3) is 0.316. The average molecular weight is 393 g/mol. The molecule has 0 spiro atoms. The number of hydrogen-bond donors (Lipinski definition) is 2. The Bertz CT molecular complexity index is 914. The Labute approximate surface area is 159 Å². The number of sulfone groups is 1. The normalized spacial score (nSPS) is 12.8. The Balaban J connectivity index is 1.93. The molecule has 2 rings (SSSR count). The van der Waals surface area contributed by atoms with Crippen LogP contribution in [0.4, 0.5) is 15.8 Å². The maximum absolute atomic E-state index is 13.7. The van der Waals surface area contributed by atoms with Crippen molar-refractivity contribution in [3.8, 4) is 0 Å². The van der Waals surface area contributed by atoms with Crippen LogP contribution < -0.4 is 11.1 Å². The van der Waals surface area contributed by atoms with Crippen LogP contribution in [0.1, 0.15) is 24.9 Å². The lowest BCUT2D eigenvalue weighted by atomic mass is 10.1. The summed E-state index contributed by atoms with van der Waals surface area (Å²) in [4.78, 5) is 14.3. The van der Waals surface area contributed by atoms with Crippen LogP contribution in [0.2, 0.25) is 0 Å². The second kappa shape index (κ2) is 8.49. The summed E-state index contributed by atoms with van der Waals surface area (Å²) in [6.07, 6.45) is 1.34. The third kappa shape index (κ3) is 5.77. The molecule has 2 aromatic carbocycles. The van der Waals surface area contributed by atoms with Crippen molar-refractivity contribution >= 4 is 27.1 Å². The van der Waals surface area contributed by atoms with Crippen molar-refractivity contribution in [3.63, 3.8) is 0 Å². The molecule has 8 heteroatoms. The number of amides is 1. The zero-order valence-electron chi connectivity index (χ0n) is 15.6. The number of nitrogens with one attached hydrogen (secondary N) is 1. The van der Waals surface area contributed by atoms with Crippen LogP contribution >= 0.6 is 0 Å². The lowest BCUT2D eigenvalue weighted by Crippen LogP contribution is -2.27. The summed E-state index contributed by atoms with van der Waals surface area (Å²) in [7, 11) is -1.36. The summed E-state index contributed by atoms with van der Waals surface area (Å²) in [6, 6.07) is 10.7. The van der Waals surface area contributed by atoms with Gasteiger partial charge in [0.1, 0.15) is 5.82 Å². The van der Waals surface area contributed by atoms with Gasteiger partial charge in [-0.25, -0.2) is 12.8 Å². The van der Waals surface area contributed by atoms with E-state index < -0.39 is 15.7 Å². The molecule has 0 saturated heterocycles. The Morgan fingerprint density at radius 1 is 1.22 bits per heavy atom. The van der Waals surface area contributed by atoms with Gasteiger partial charge in [-0.2, -0.15) is 0 Å². The number of carbonyl (C=O) groups excluding carboxylic acids is 1. The van der Waals surface area contributed by atoms with Crippen LogP contribution in [0.15, 0.2) is 47.4 Å². The Morgan fingerprint density at radius 2 is 1.85 bits per heavy atom. The highest BCUT2D eigenvalue weighted by atomic mass is 32.2. The number of rotatable bonds is 7. The quantitative estimate of drug-likeness (QED) is 0.706. The van der Waals surface area contributed by atoms with Gasteiger partial charge in [0.25, 0.3) is 0 Å². The number of nitrogen functional groups attached to an aromatic ring is 1. The second-order valence-electron chi connectivity index (χ2n) is 6.54. The van der Waals surface area contributed by atoms with E-state index in [0.29, 0.717) is 12.2 Å². The van der Waals surface area contributed by atoms with E-state index in [1.165, 1.54) is 24.5 Å². The second-order valence-corrected chi connectivity index (χ2v) is 8.55. The number of nitrogens with two attached hydrogens (primary N) is 1. The molecule has 2 aromatic rings. The first kappa shape index (κ1) is 20.9. The van der Waals surface area contributed by atoms with Gasteiger partial charge in [-0.3, -0.25) is 9.69 Å².